The maximum Gasteiger partial charge on any atom is 0.137 e. The van der Waals surface area contributed by atoms with Gasteiger partial charge in [0.25, 0.3) is 0 Å². The van der Waals surface area contributed by atoms with Gasteiger partial charge in [-0.3, -0.25) is 0 Å². The second-order valence-electron chi connectivity index (χ2n) is 3.15. The van der Waals surface area contributed by atoms with Crippen LogP contribution in [0.25, 0.3) is 11.1 Å². The van der Waals surface area contributed by atoms with Crippen LogP contribution in [-0.2, 0) is 0 Å². The van der Waals surface area contributed by atoms with E-state index in [-0.39, 0.29) is 11.6 Å². The molecule has 15 heavy (non-hydrogen) atoms. The number of phenols is 1. The second-order valence-corrected chi connectivity index (χ2v) is 4.00. The first kappa shape index (κ1) is 10.2. The van der Waals surface area contributed by atoms with E-state index in [9.17, 15) is 9.50 Å². The van der Waals surface area contributed by atoms with Crippen molar-refractivity contribution in [2.45, 2.75) is 0 Å². The summed E-state index contributed by atoms with van der Waals surface area (Å²) in [6.07, 6.45) is 0. The van der Waals surface area contributed by atoms with E-state index in [1.54, 1.807) is 30.3 Å². The highest BCUT2D eigenvalue weighted by atomic mass is 79.9. The van der Waals surface area contributed by atoms with Gasteiger partial charge >= 0.3 is 0 Å². The Morgan fingerprint density at radius 1 is 1.07 bits per heavy atom. The predicted octanol–water partition coefficient (Wildman–Crippen LogP) is 3.96. The van der Waals surface area contributed by atoms with Crippen LogP contribution in [0.1, 0.15) is 0 Å². The summed E-state index contributed by atoms with van der Waals surface area (Å²) in [4.78, 5) is 0. The normalized spacial score (nSPS) is 10.3. The molecule has 2 rings (SSSR count). The minimum Gasteiger partial charge on any atom is -0.507 e. The number of phenolic OH excluding ortho intramolecular Hbond substituents is 1. The van der Waals surface area contributed by atoms with Gasteiger partial charge in [-0.25, -0.2) is 4.39 Å². The highest BCUT2D eigenvalue weighted by molar-refractivity contribution is 9.10. The SMILES string of the molecule is Oc1ccccc1-c1ccc(F)c(Br)c1. The fourth-order valence-electron chi connectivity index (χ4n) is 1.38. The maximum atomic E-state index is 13.0. The van der Waals surface area contributed by atoms with Crippen LogP contribution in [0.4, 0.5) is 4.39 Å². The molecule has 0 saturated heterocycles. The molecule has 0 bridgehead atoms. The lowest BCUT2D eigenvalue weighted by Crippen LogP contribution is -1.81. The van der Waals surface area contributed by atoms with E-state index in [1.165, 1.54) is 6.07 Å². The zero-order valence-electron chi connectivity index (χ0n) is 7.74. The summed E-state index contributed by atoms with van der Waals surface area (Å²) in [5.41, 5.74) is 1.47. The Labute approximate surface area is 95.3 Å². The minimum absolute atomic E-state index is 0.191. The topological polar surface area (TPSA) is 20.2 Å². The first-order valence-corrected chi connectivity index (χ1v) is 5.21. The molecule has 0 saturated carbocycles. The first-order valence-electron chi connectivity index (χ1n) is 4.42. The third kappa shape index (κ3) is 2.02. The van der Waals surface area contributed by atoms with E-state index in [1.807, 2.05) is 6.07 Å². The van der Waals surface area contributed by atoms with Crippen molar-refractivity contribution in [3.63, 3.8) is 0 Å². The number of rotatable bonds is 1. The third-order valence-electron chi connectivity index (χ3n) is 2.13. The van der Waals surface area contributed by atoms with Crippen molar-refractivity contribution >= 4 is 15.9 Å². The summed E-state index contributed by atoms with van der Waals surface area (Å²) in [6, 6.07) is 11.6. The van der Waals surface area contributed by atoms with Crippen molar-refractivity contribution in [3.05, 3.63) is 52.8 Å². The molecule has 0 aliphatic heterocycles. The number of hydrogen-bond acceptors (Lipinski definition) is 1. The van der Waals surface area contributed by atoms with Gasteiger partial charge in [-0.05, 0) is 39.7 Å². The lowest BCUT2D eigenvalue weighted by molar-refractivity contribution is 0.477. The Kier molecular flexibility index (Phi) is 2.73. The Bertz CT molecular complexity index is 497. The van der Waals surface area contributed by atoms with E-state index in [2.05, 4.69) is 15.9 Å². The Morgan fingerprint density at radius 3 is 2.47 bits per heavy atom. The molecular formula is C12H8BrFO. The smallest absolute Gasteiger partial charge is 0.137 e. The first-order chi connectivity index (χ1) is 7.18. The molecular weight excluding hydrogens is 259 g/mol. The molecule has 0 fully saturated rings. The molecule has 0 heterocycles. The number of aromatic hydroxyl groups is 1. The van der Waals surface area contributed by atoms with Crippen molar-refractivity contribution in [1.82, 2.24) is 0 Å². The molecule has 2 aromatic carbocycles. The van der Waals surface area contributed by atoms with Crippen LogP contribution >= 0.6 is 15.9 Å². The molecule has 0 amide bonds. The number of hydrogen-bond donors (Lipinski definition) is 1. The zero-order chi connectivity index (χ0) is 10.8. The maximum absolute atomic E-state index is 13.0. The van der Waals surface area contributed by atoms with Crippen molar-refractivity contribution in [2.24, 2.45) is 0 Å². The van der Waals surface area contributed by atoms with Crippen molar-refractivity contribution < 1.29 is 9.50 Å². The molecule has 0 aliphatic rings. The molecule has 0 radical (unpaired) electrons. The number of benzene rings is 2. The van der Waals surface area contributed by atoms with Crippen LogP contribution in [0.5, 0.6) is 5.75 Å². The molecule has 0 aliphatic carbocycles. The number of halogens is 2. The molecule has 1 nitrogen and oxygen atoms in total. The quantitative estimate of drug-likeness (QED) is 0.829. The van der Waals surface area contributed by atoms with Crippen LogP contribution in [0.3, 0.4) is 0 Å². The van der Waals surface area contributed by atoms with Gasteiger partial charge in [-0.2, -0.15) is 0 Å². The van der Waals surface area contributed by atoms with E-state index in [0.717, 1.165) is 5.56 Å². The molecule has 0 aromatic heterocycles. The van der Waals surface area contributed by atoms with Crippen LogP contribution in [0, 0.1) is 5.82 Å². The van der Waals surface area contributed by atoms with Gasteiger partial charge in [0, 0.05) is 5.56 Å². The van der Waals surface area contributed by atoms with E-state index in [4.69, 9.17) is 0 Å². The largest absolute Gasteiger partial charge is 0.507 e. The minimum atomic E-state index is -0.311. The van der Waals surface area contributed by atoms with Gasteiger partial charge in [0.05, 0.1) is 4.47 Å². The van der Waals surface area contributed by atoms with Crippen molar-refractivity contribution in [2.75, 3.05) is 0 Å². The van der Waals surface area contributed by atoms with Crippen molar-refractivity contribution in [3.8, 4) is 16.9 Å². The lowest BCUT2D eigenvalue weighted by atomic mass is 10.1. The molecule has 0 spiro atoms. The van der Waals surface area contributed by atoms with Crippen molar-refractivity contribution in [1.29, 1.82) is 0 Å². The van der Waals surface area contributed by atoms with Gasteiger partial charge < -0.3 is 5.11 Å². The van der Waals surface area contributed by atoms with Crippen LogP contribution in [0.15, 0.2) is 46.9 Å². The summed E-state index contributed by atoms with van der Waals surface area (Å²) in [7, 11) is 0. The molecule has 1 N–H and O–H groups in total. The zero-order valence-corrected chi connectivity index (χ0v) is 9.33. The fraction of sp³-hybridized carbons (Fsp3) is 0. The highest BCUT2D eigenvalue weighted by Gasteiger charge is 2.05. The molecule has 0 atom stereocenters. The Morgan fingerprint density at radius 2 is 1.80 bits per heavy atom. The van der Waals surface area contributed by atoms with Gasteiger partial charge in [0.15, 0.2) is 0 Å². The second kappa shape index (κ2) is 4.03. The van der Waals surface area contributed by atoms with E-state index < -0.39 is 0 Å². The summed E-state index contributed by atoms with van der Waals surface area (Å²) in [5.74, 6) is -0.120. The van der Waals surface area contributed by atoms with E-state index in [0.29, 0.717) is 10.0 Å². The van der Waals surface area contributed by atoms with E-state index >= 15 is 0 Å². The van der Waals surface area contributed by atoms with Gasteiger partial charge in [-0.1, -0.05) is 24.3 Å². The molecule has 76 valence electrons. The molecule has 2 aromatic rings. The molecule has 3 heteroatoms. The summed E-state index contributed by atoms with van der Waals surface area (Å²) >= 11 is 3.11. The summed E-state index contributed by atoms with van der Waals surface area (Å²) in [6.45, 7) is 0. The van der Waals surface area contributed by atoms with Gasteiger partial charge in [0.2, 0.25) is 0 Å². The van der Waals surface area contributed by atoms with Gasteiger partial charge in [-0.15, -0.1) is 0 Å². The lowest BCUT2D eigenvalue weighted by Gasteiger charge is -2.05. The number of para-hydroxylation sites is 1. The van der Waals surface area contributed by atoms with Crippen LogP contribution in [-0.4, -0.2) is 5.11 Å². The molecule has 0 unspecified atom stereocenters. The average Bonchev–Trinajstić information content (AvgIpc) is 2.23. The standard InChI is InChI=1S/C12H8BrFO/c13-10-7-8(5-6-11(10)14)9-3-1-2-4-12(9)15/h1-7,15H. The fourth-order valence-corrected chi connectivity index (χ4v) is 1.76. The summed E-state index contributed by atoms with van der Waals surface area (Å²) in [5, 5.41) is 9.62. The van der Waals surface area contributed by atoms with Crippen LogP contribution in [0.2, 0.25) is 0 Å². The predicted molar refractivity (Wildman–Crippen MR) is 61.2 cm³/mol. The Balaban J connectivity index is 2.55. The third-order valence-corrected chi connectivity index (χ3v) is 2.74. The van der Waals surface area contributed by atoms with Crippen LogP contribution < -0.4 is 0 Å². The highest BCUT2D eigenvalue weighted by Crippen LogP contribution is 2.31. The monoisotopic (exact) mass is 266 g/mol. The average molecular weight is 267 g/mol. The van der Waals surface area contributed by atoms with Gasteiger partial charge in [0.1, 0.15) is 11.6 Å². The summed E-state index contributed by atoms with van der Waals surface area (Å²) < 4.78 is 13.4. The Hall–Kier alpha value is -1.35.